The van der Waals surface area contributed by atoms with Crippen molar-refractivity contribution >= 4 is 0 Å². The zero-order chi connectivity index (χ0) is 11.7. The van der Waals surface area contributed by atoms with Crippen LogP contribution in [0.3, 0.4) is 0 Å². The van der Waals surface area contributed by atoms with Gasteiger partial charge in [0.25, 0.3) is 0 Å². The van der Waals surface area contributed by atoms with Crippen LogP contribution >= 0.6 is 0 Å². The molecule has 92 valence electrons. The molecule has 2 nitrogen and oxygen atoms in total. The Labute approximate surface area is 103 Å². The van der Waals surface area contributed by atoms with Crippen molar-refractivity contribution in [2.24, 2.45) is 0 Å². The molecule has 1 atom stereocenters. The third kappa shape index (κ3) is 2.24. The van der Waals surface area contributed by atoms with Crippen molar-refractivity contribution in [2.75, 3.05) is 19.7 Å². The minimum atomic E-state index is 0.213. The van der Waals surface area contributed by atoms with Gasteiger partial charge in [0.15, 0.2) is 0 Å². The summed E-state index contributed by atoms with van der Waals surface area (Å²) in [5, 5.41) is 2.41. The Morgan fingerprint density at radius 3 is 2.59 bits per heavy atom. The van der Waals surface area contributed by atoms with E-state index < -0.39 is 0 Å². The van der Waals surface area contributed by atoms with Crippen LogP contribution in [0.5, 0.6) is 0 Å². The highest BCUT2D eigenvalue weighted by Crippen LogP contribution is 2.40. The van der Waals surface area contributed by atoms with Gasteiger partial charge in [0.05, 0.1) is 25.3 Å². The number of quaternary nitrogens is 1. The van der Waals surface area contributed by atoms with Crippen LogP contribution in [0, 0.1) is 6.92 Å². The van der Waals surface area contributed by atoms with Crippen LogP contribution in [-0.4, -0.2) is 25.3 Å². The lowest BCUT2D eigenvalue weighted by Gasteiger charge is -2.30. The smallest absolute Gasteiger partial charge is 0.0796 e. The third-order valence-electron chi connectivity index (χ3n) is 4.37. The van der Waals surface area contributed by atoms with Crippen molar-refractivity contribution in [1.82, 2.24) is 0 Å². The lowest BCUT2D eigenvalue weighted by Crippen LogP contribution is -2.87. The molecule has 2 saturated heterocycles. The van der Waals surface area contributed by atoms with E-state index in [-0.39, 0.29) is 5.60 Å². The Balaban J connectivity index is 1.72. The van der Waals surface area contributed by atoms with E-state index in [0.717, 1.165) is 6.61 Å². The van der Waals surface area contributed by atoms with Gasteiger partial charge in [-0.1, -0.05) is 29.8 Å². The third-order valence-corrected chi connectivity index (χ3v) is 4.37. The SMILES string of the molecule is Cc1ccc(C2COC3(CC[NH2+]CC3)C2)cc1. The van der Waals surface area contributed by atoms with E-state index in [1.807, 2.05) is 0 Å². The maximum absolute atomic E-state index is 6.16. The first-order valence-corrected chi connectivity index (χ1v) is 6.80. The highest BCUT2D eigenvalue weighted by molar-refractivity contribution is 5.26. The topological polar surface area (TPSA) is 25.8 Å². The van der Waals surface area contributed by atoms with Crippen LogP contribution in [-0.2, 0) is 4.74 Å². The maximum Gasteiger partial charge on any atom is 0.0796 e. The van der Waals surface area contributed by atoms with E-state index in [4.69, 9.17) is 4.74 Å². The number of aryl methyl sites for hydroxylation is 1. The summed E-state index contributed by atoms with van der Waals surface area (Å²) in [5.74, 6) is 0.619. The van der Waals surface area contributed by atoms with E-state index in [2.05, 4.69) is 36.5 Å². The second-order valence-corrected chi connectivity index (χ2v) is 5.67. The molecule has 2 heteroatoms. The summed E-state index contributed by atoms with van der Waals surface area (Å²) < 4.78 is 6.16. The van der Waals surface area contributed by atoms with Crippen molar-refractivity contribution in [3.05, 3.63) is 35.4 Å². The summed E-state index contributed by atoms with van der Waals surface area (Å²) in [6.07, 6.45) is 3.69. The van der Waals surface area contributed by atoms with Crippen molar-refractivity contribution in [1.29, 1.82) is 0 Å². The monoisotopic (exact) mass is 232 g/mol. The van der Waals surface area contributed by atoms with E-state index in [9.17, 15) is 0 Å². The summed E-state index contributed by atoms with van der Waals surface area (Å²) in [5.41, 5.74) is 3.02. The number of piperidine rings is 1. The van der Waals surface area contributed by atoms with Crippen LogP contribution in [0.2, 0.25) is 0 Å². The molecule has 2 aliphatic heterocycles. The van der Waals surface area contributed by atoms with Crippen LogP contribution in [0.15, 0.2) is 24.3 Å². The molecular formula is C15H22NO+. The molecule has 2 heterocycles. The average molecular weight is 232 g/mol. The fraction of sp³-hybridized carbons (Fsp3) is 0.600. The Hall–Kier alpha value is -0.860. The standard InChI is InChI=1S/C15H21NO/c1-12-2-4-13(5-3-12)14-10-15(17-11-14)6-8-16-9-7-15/h2-5,14,16H,6-11H2,1H3/p+1. The van der Waals surface area contributed by atoms with E-state index in [1.165, 1.54) is 43.5 Å². The average Bonchev–Trinajstić information content (AvgIpc) is 2.75. The van der Waals surface area contributed by atoms with E-state index in [0.29, 0.717) is 5.92 Å². The number of ether oxygens (including phenoxy) is 1. The molecule has 0 amide bonds. The zero-order valence-corrected chi connectivity index (χ0v) is 10.6. The van der Waals surface area contributed by atoms with Gasteiger partial charge >= 0.3 is 0 Å². The molecule has 0 radical (unpaired) electrons. The van der Waals surface area contributed by atoms with Crippen molar-refractivity contribution in [3.63, 3.8) is 0 Å². The molecule has 0 aromatic heterocycles. The van der Waals surface area contributed by atoms with Crippen LogP contribution in [0.4, 0.5) is 0 Å². The highest BCUT2D eigenvalue weighted by atomic mass is 16.5. The minimum absolute atomic E-state index is 0.213. The fourth-order valence-electron chi connectivity index (χ4n) is 3.24. The molecule has 1 aromatic carbocycles. The van der Waals surface area contributed by atoms with Gasteiger partial charge in [0.2, 0.25) is 0 Å². The molecule has 1 spiro atoms. The number of hydrogen-bond donors (Lipinski definition) is 1. The largest absolute Gasteiger partial charge is 0.374 e. The van der Waals surface area contributed by atoms with Crippen molar-refractivity contribution < 1.29 is 10.1 Å². The van der Waals surface area contributed by atoms with Gasteiger partial charge in [-0.3, -0.25) is 0 Å². The normalized spacial score (nSPS) is 27.5. The first-order valence-electron chi connectivity index (χ1n) is 6.80. The van der Waals surface area contributed by atoms with Crippen LogP contribution < -0.4 is 5.32 Å². The zero-order valence-electron chi connectivity index (χ0n) is 10.6. The van der Waals surface area contributed by atoms with Gasteiger partial charge in [-0.05, 0) is 18.9 Å². The second kappa shape index (κ2) is 4.43. The molecule has 1 unspecified atom stereocenters. The predicted molar refractivity (Wildman–Crippen MR) is 68.1 cm³/mol. The van der Waals surface area contributed by atoms with E-state index in [1.54, 1.807) is 0 Å². The highest BCUT2D eigenvalue weighted by Gasteiger charge is 2.42. The molecule has 2 aliphatic rings. The number of benzene rings is 1. The molecule has 17 heavy (non-hydrogen) atoms. The van der Waals surface area contributed by atoms with Gasteiger partial charge in [-0.25, -0.2) is 0 Å². The maximum atomic E-state index is 6.16. The van der Waals surface area contributed by atoms with Gasteiger partial charge in [-0.15, -0.1) is 0 Å². The summed E-state index contributed by atoms with van der Waals surface area (Å²) in [4.78, 5) is 0. The van der Waals surface area contributed by atoms with Crippen LogP contribution in [0.1, 0.15) is 36.3 Å². The molecule has 0 aliphatic carbocycles. The predicted octanol–water partition coefficient (Wildman–Crippen LogP) is 1.59. The lowest BCUT2D eigenvalue weighted by molar-refractivity contribution is -0.668. The summed E-state index contributed by atoms with van der Waals surface area (Å²) in [6, 6.07) is 8.98. The first-order chi connectivity index (χ1) is 8.27. The molecule has 2 N–H and O–H groups in total. The Morgan fingerprint density at radius 1 is 1.18 bits per heavy atom. The molecular weight excluding hydrogens is 210 g/mol. The molecule has 3 rings (SSSR count). The van der Waals surface area contributed by atoms with Gasteiger partial charge in [0.1, 0.15) is 0 Å². The summed E-state index contributed by atoms with van der Waals surface area (Å²) in [7, 11) is 0. The lowest BCUT2D eigenvalue weighted by atomic mass is 9.83. The molecule has 2 fully saturated rings. The minimum Gasteiger partial charge on any atom is -0.374 e. The number of hydrogen-bond acceptors (Lipinski definition) is 1. The Morgan fingerprint density at radius 2 is 1.88 bits per heavy atom. The van der Waals surface area contributed by atoms with Gasteiger partial charge in [0, 0.05) is 18.8 Å². The summed E-state index contributed by atoms with van der Waals surface area (Å²) >= 11 is 0. The van der Waals surface area contributed by atoms with Crippen LogP contribution in [0.25, 0.3) is 0 Å². The van der Waals surface area contributed by atoms with E-state index >= 15 is 0 Å². The second-order valence-electron chi connectivity index (χ2n) is 5.67. The molecule has 0 saturated carbocycles. The molecule has 0 bridgehead atoms. The van der Waals surface area contributed by atoms with Crippen molar-refractivity contribution in [3.8, 4) is 0 Å². The van der Waals surface area contributed by atoms with Gasteiger partial charge in [-0.2, -0.15) is 0 Å². The van der Waals surface area contributed by atoms with Gasteiger partial charge < -0.3 is 10.1 Å². The Kier molecular flexibility index (Phi) is 2.93. The summed E-state index contributed by atoms with van der Waals surface area (Å²) in [6.45, 7) is 5.54. The quantitative estimate of drug-likeness (QED) is 0.782. The Bertz CT molecular complexity index is 378. The first kappa shape index (κ1) is 11.2. The molecule has 1 aromatic rings. The number of rotatable bonds is 1. The fourth-order valence-corrected chi connectivity index (χ4v) is 3.24. The number of nitrogens with two attached hydrogens (primary N) is 1. The van der Waals surface area contributed by atoms with Crippen molar-refractivity contribution in [2.45, 2.75) is 37.7 Å².